The van der Waals surface area contributed by atoms with Gasteiger partial charge in [-0.15, -0.1) is 0 Å². The fraction of sp³-hybridized carbons (Fsp3) is 0.667. The molecule has 0 bridgehead atoms. The van der Waals surface area contributed by atoms with Crippen LogP contribution in [0.15, 0.2) is 6.07 Å². The predicted molar refractivity (Wildman–Crippen MR) is 78.4 cm³/mol. The number of hydrogen-bond acceptors (Lipinski definition) is 6. The van der Waals surface area contributed by atoms with E-state index in [1.165, 1.54) is 0 Å². The van der Waals surface area contributed by atoms with E-state index in [4.69, 9.17) is 4.74 Å². The number of aromatic nitrogens is 2. The Morgan fingerprint density at radius 3 is 2.72 bits per heavy atom. The highest BCUT2D eigenvalue weighted by molar-refractivity contribution is 7.98. The van der Waals surface area contributed by atoms with Crippen LogP contribution in [-0.4, -0.2) is 41.7 Å². The molecular formula is C12H22N4OS. The summed E-state index contributed by atoms with van der Waals surface area (Å²) in [7, 11) is 1.65. The van der Waals surface area contributed by atoms with Crippen molar-refractivity contribution < 1.29 is 4.74 Å². The van der Waals surface area contributed by atoms with E-state index in [2.05, 4.69) is 33.8 Å². The lowest BCUT2D eigenvalue weighted by molar-refractivity contribution is 0.178. The molecule has 0 saturated carbocycles. The Hall–Kier alpha value is -1.01. The fourth-order valence-electron chi connectivity index (χ4n) is 1.58. The van der Waals surface area contributed by atoms with Crippen molar-refractivity contribution in [3.05, 3.63) is 11.9 Å². The molecule has 0 saturated heterocycles. The molecule has 102 valence electrons. The van der Waals surface area contributed by atoms with E-state index in [-0.39, 0.29) is 0 Å². The second-order valence-corrected chi connectivity index (χ2v) is 4.93. The van der Waals surface area contributed by atoms with Gasteiger partial charge in [-0.2, -0.15) is 11.8 Å². The first-order chi connectivity index (χ1) is 8.69. The molecule has 1 heterocycles. The van der Waals surface area contributed by atoms with Gasteiger partial charge >= 0.3 is 0 Å². The van der Waals surface area contributed by atoms with E-state index in [1.807, 2.05) is 24.8 Å². The Morgan fingerprint density at radius 2 is 2.11 bits per heavy atom. The smallest absolute Gasteiger partial charge is 0.158 e. The molecule has 2 N–H and O–H groups in total. The lowest BCUT2D eigenvalue weighted by atomic mass is 10.3. The molecule has 0 amide bonds. The quantitative estimate of drug-likeness (QED) is 0.755. The number of ether oxygens (including phenoxy) is 1. The third-order valence-electron chi connectivity index (χ3n) is 2.21. The minimum Gasteiger partial charge on any atom is -0.377 e. The average molecular weight is 270 g/mol. The first-order valence-corrected chi connectivity index (χ1v) is 7.45. The van der Waals surface area contributed by atoms with Crippen molar-refractivity contribution in [2.45, 2.75) is 26.5 Å². The van der Waals surface area contributed by atoms with Crippen molar-refractivity contribution in [1.29, 1.82) is 0 Å². The molecule has 0 fully saturated rings. The molecule has 1 unspecified atom stereocenters. The number of nitrogens with zero attached hydrogens (tertiary/aromatic N) is 2. The maximum absolute atomic E-state index is 5.08. The minimum atomic E-state index is 0.375. The van der Waals surface area contributed by atoms with Gasteiger partial charge in [0.15, 0.2) is 5.82 Å². The molecule has 1 rings (SSSR count). The topological polar surface area (TPSA) is 59.1 Å². The van der Waals surface area contributed by atoms with Crippen molar-refractivity contribution in [3.63, 3.8) is 0 Å². The maximum atomic E-state index is 5.08. The average Bonchev–Trinajstić information content (AvgIpc) is 2.29. The number of methoxy groups -OCH3 is 1. The second kappa shape index (κ2) is 8.16. The molecule has 1 aromatic rings. The van der Waals surface area contributed by atoms with Crippen molar-refractivity contribution >= 4 is 23.4 Å². The summed E-state index contributed by atoms with van der Waals surface area (Å²) >= 11 is 1.81. The van der Waals surface area contributed by atoms with Crippen LogP contribution < -0.4 is 10.6 Å². The molecule has 0 aliphatic rings. The van der Waals surface area contributed by atoms with E-state index in [1.54, 1.807) is 7.11 Å². The van der Waals surface area contributed by atoms with Gasteiger partial charge in [0.25, 0.3) is 0 Å². The molecule has 0 radical (unpaired) electrons. The van der Waals surface area contributed by atoms with Crippen LogP contribution in [0.25, 0.3) is 0 Å². The summed E-state index contributed by atoms with van der Waals surface area (Å²) in [6.07, 6.45) is 2.10. The number of hydrogen-bond donors (Lipinski definition) is 2. The van der Waals surface area contributed by atoms with Gasteiger partial charge in [0.05, 0.1) is 0 Å². The van der Waals surface area contributed by atoms with Crippen molar-refractivity contribution in [2.75, 3.05) is 36.3 Å². The maximum Gasteiger partial charge on any atom is 0.158 e. The van der Waals surface area contributed by atoms with Crippen LogP contribution in [-0.2, 0) is 11.3 Å². The summed E-state index contributed by atoms with van der Waals surface area (Å²) in [6.45, 7) is 5.44. The monoisotopic (exact) mass is 270 g/mol. The van der Waals surface area contributed by atoms with Crippen LogP contribution >= 0.6 is 11.8 Å². The third-order valence-corrected chi connectivity index (χ3v) is 3.05. The number of nitrogens with one attached hydrogen (secondary N) is 2. The summed E-state index contributed by atoms with van der Waals surface area (Å²) in [4.78, 5) is 8.80. The molecule has 5 nitrogen and oxygen atoms in total. The molecule has 0 spiro atoms. The van der Waals surface area contributed by atoms with Crippen molar-refractivity contribution in [2.24, 2.45) is 0 Å². The van der Waals surface area contributed by atoms with Gasteiger partial charge in [-0.1, -0.05) is 0 Å². The Labute approximate surface area is 113 Å². The normalized spacial score (nSPS) is 12.2. The van der Waals surface area contributed by atoms with Crippen LogP contribution in [0.2, 0.25) is 0 Å². The SMILES string of the molecule is CCNc1cc(NC(C)CSC)nc(COC)n1. The van der Waals surface area contributed by atoms with Gasteiger partial charge in [-0.25, -0.2) is 9.97 Å². The summed E-state index contributed by atoms with van der Waals surface area (Å²) in [5, 5.41) is 6.57. The number of thioether (sulfide) groups is 1. The summed E-state index contributed by atoms with van der Waals surface area (Å²) in [5.74, 6) is 3.41. The predicted octanol–water partition coefficient (Wildman–Crippen LogP) is 2.22. The van der Waals surface area contributed by atoms with Crippen LogP contribution in [0, 0.1) is 0 Å². The van der Waals surface area contributed by atoms with Crippen LogP contribution in [0.5, 0.6) is 0 Å². The van der Waals surface area contributed by atoms with Crippen LogP contribution in [0.3, 0.4) is 0 Å². The third kappa shape index (κ3) is 5.10. The first kappa shape index (κ1) is 15.0. The molecule has 0 aliphatic heterocycles. The zero-order valence-corrected chi connectivity index (χ0v) is 12.3. The Kier molecular flexibility index (Phi) is 6.82. The largest absolute Gasteiger partial charge is 0.377 e. The lowest BCUT2D eigenvalue weighted by Crippen LogP contribution is -2.19. The molecule has 0 aromatic carbocycles. The fourth-order valence-corrected chi connectivity index (χ4v) is 2.16. The molecule has 1 aromatic heterocycles. The minimum absolute atomic E-state index is 0.375. The van der Waals surface area contributed by atoms with Gasteiger partial charge in [-0.05, 0) is 20.1 Å². The zero-order chi connectivity index (χ0) is 13.4. The van der Waals surface area contributed by atoms with E-state index < -0.39 is 0 Å². The van der Waals surface area contributed by atoms with Gasteiger partial charge < -0.3 is 15.4 Å². The van der Waals surface area contributed by atoms with Gasteiger partial charge in [-0.3, -0.25) is 0 Å². The Balaban J connectivity index is 2.81. The van der Waals surface area contributed by atoms with Gasteiger partial charge in [0.1, 0.15) is 18.2 Å². The Bertz CT molecular complexity index is 338. The highest BCUT2D eigenvalue weighted by Gasteiger charge is 2.07. The van der Waals surface area contributed by atoms with E-state index >= 15 is 0 Å². The number of anilines is 2. The van der Waals surface area contributed by atoms with Gasteiger partial charge in [0, 0.05) is 31.5 Å². The summed E-state index contributed by atoms with van der Waals surface area (Å²) in [6, 6.07) is 2.30. The molecule has 18 heavy (non-hydrogen) atoms. The van der Waals surface area contributed by atoms with Crippen LogP contribution in [0.4, 0.5) is 11.6 Å². The van der Waals surface area contributed by atoms with Gasteiger partial charge in [0.2, 0.25) is 0 Å². The highest BCUT2D eigenvalue weighted by atomic mass is 32.2. The Morgan fingerprint density at radius 1 is 1.39 bits per heavy atom. The summed E-state index contributed by atoms with van der Waals surface area (Å²) in [5.41, 5.74) is 0. The van der Waals surface area contributed by atoms with Crippen molar-refractivity contribution in [1.82, 2.24) is 9.97 Å². The van der Waals surface area contributed by atoms with Crippen molar-refractivity contribution in [3.8, 4) is 0 Å². The molecule has 0 aliphatic carbocycles. The van der Waals surface area contributed by atoms with E-state index in [9.17, 15) is 0 Å². The second-order valence-electron chi connectivity index (χ2n) is 4.02. The zero-order valence-electron chi connectivity index (χ0n) is 11.5. The van der Waals surface area contributed by atoms with E-state index in [0.29, 0.717) is 18.5 Å². The summed E-state index contributed by atoms with van der Waals surface area (Å²) < 4.78 is 5.08. The molecule has 1 atom stereocenters. The molecule has 6 heteroatoms. The number of rotatable bonds is 8. The highest BCUT2D eigenvalue weighted by Crippen LogP contribution is 2.13. The standard InChI is InChI=1S/C12H22N4OS/c1-5-13-10-6-11(14-9(2)8-18-4)16-12(15-10)7-17-3/h6,9H,5,7-8H2,1-4H3,(H2,13,14,15,16). The van der Waals surface area contributed by atoms with Crippen LogP contribution in [0.1, 0.15) is 19.7 Å². The molecular weight excluding hydrogens is 248 g/mol. The lowest BCUT2D eigenvalue weighted by Gasteiger charge is -2.15. The first-order valence-electron chi connectivity index (χ1n) is 6.05. The van der Waals surface area contributed by atoms with E-state index in [0.717, 1.165) is 23.9 Å².